The molecular weight excluding hydrogens is 555 g/mol. The number of hydrogen-bond acceptors (Lipinski definition) is 8. The Morgan fingerprint density at radius 2 is 1.98 bits per heavy atom. The highest BCUT2D eigenvalue weighted by atomic mass is 19.4. The maximum absolute atomic E-state index is 13.1. The molecule has 0 saturated carbocycles. The number of nitrogens with zero attached hydrogens (tertiary/aromatic N) is 5. The van der Waals surface area contributed by atoms with Crippen LogP contribution in [0.3, 0.4) is 0 Å². The SMILES string of the molecule is COc1cc(C(=O)Nc2cc(C(F)(F)F)ccn2)ccc1-c1nc(C2CCC3C(C)OC(=O)N3C2)n2ccnc(N)c12. The van der Waals surface area contributed by atoms with Gasteiger partial charge >= 0.3 is 12.3 Å². The number of imidazole rings is 1. The zero-order valence-electron chi connectivity index (χ0n) is 22.6. The van der Waals surface area contributed by atoms with Gasteiger partial charge in [-0.1, -0.05) is 0 Å². The monoisotopic (exact) mass is 581 g/mol. The number of nitrogens with two attached hydrogens (primary N) is 1. The van der Waals surface area contributed by atoms with E-state index in [1.165, 1.54) is 19.2 Å². The molecule has 0 radical (unpaired) electrons. The van der Waals surface area contributed by atoms with E-state index >= 15 is 0 Å². The Hall–Kier alpha value is -4.88. The van der Waals surface area contributed by atoms with Crippen molar-refractivity contribution in [1.29, 1.82) is 0 Å². The number of benzene rings is 1. The third-order valence-corrected chi connectivity index (χ3v) is 7.71. The molecule has 2 saturated heterocycles. The number of anilines is 2. The molecule has 14 heteroatoms. The molecule has 3 aromatic heterocycles. The maximum Gasteiger partial charge on any atom is 0.416 e. The number of carbonyl (C=O) groups is 2. The van der Waals surface area contributed by atoms with Crippen molar-refractivity contribution in [3.05, 3.63) is 65.9 Å². The average Bonchev–Trinajstić information content (AvgIpc) is 3.49. The quantitative estimate of drug-likeness (QED) is 0.345. The van der Waals surface area contributed by atoms with Gasteiger partial charge in [0.1, 0.15) is 40.5 Å². The van der Waals surface area contributed by atoms with Crippen molar-refractivity contribution in [2.24, 2.45) is 0 Å². The van der Waals surface area contributed by atoms with E-state index in [1.54, 1.807) is 23.4 Å². The van der Waals surface area contributed by atoms with Crippen molar-refractivity contribution in [2.45, 2.75) is 44.0 Å². The fraction of sp³-hybridized carbons (Fsp3) is 0.321. The zero-order valence-corrected chi connectivity index (χ0v) is 22.6. The Morgan fingerprint density at radius 3 is 2.74 bits per heavy atom. The normalized spacial score (nSPS) is 20.4. The number of nitrogen functional groups attached to an aromatic ring is 1. The van der Waals surface area contributed by atoms with E-state index in [0.717, 1.165) is 31.2 Å². The minimum absolute atomic E-state index is 0.0242. The number of alkyl halides is 3. The summed E-state index contributed by atoms with van der Waals surface area (Å²) >= 11 is 0. The highest BCUT2D eigenvalue weighted by molar-refractivity contribution is 6.04. The number of carbonyl (C=O) groups excluding carboxylic acids is 2. The van der Waals surface area contributed by atoms with E-state index < -0.39 is 17.6 Å². The molecule has 3 N–H and O–H groups in total. The Labute approximate surface area is 237 Å². The van der Waals surface area contributed by atoms with E-state index in [9.17, 15) is 22.8 Å². The molecule has 0 bridgehead atoms. The predicted octanol–water partition coefficient (Wildman–Crippen LogP) is 4.74. The molecule has 0 spiro atoms. The van der Waals surface area contributed by atoms with E-state index in [-0.39, 0.29) is 47.1 Å². The number of methoxy groups -OCH3 is 1. The molecule has 218 valence electrons. The van der Waals surface area contributed by atoms with Crippen LogP contribution in [-0.4, -0.2) is 62.1 Å². The van der Waals surface area contributed by atoms with Gasteiger partial charge in [-0.25, -0.2) is 19.7 Å². The number of piperidine rings is 1. The Bertz CT molecular complexity index is 1710. The molecule has 6 rings (SSSR count). The van der Waals surface area contributed by atoms with Crippen LogP contribution in [-0.2, 0) is 10.9 Å². The number of hydrogen-bond donors (Lipinski definition) is 2. The van der Waals surface area contributed by atoms with E-state index in [0.29, 0.717) is 29.1 Å². The third-order valence-electron chi connectivity index (χ3n) is 7.71. The smallest absolute Gasteiger partial charge is 0.416 e. The van der Waals surface area contributed by atoms with Crippen LogP contribution in [0.5, 0.6) is 5.75 Å². The molecule has 2 aliphatic heterocycles. The molecule has 11 nitrogen and oxygen atoms in total. The first-order valence-corrected chi connectivity index (χ1v) is 13.2. The lowest BCUT2D eigenvalue weighted by atomic mass is 9.91. The van der Waals surface area contributed by atoms with Crippen LogP contribution >= 0.6 is 0 Å². The van der Waals surface area contributed by atoms with Crippen molar-refractivity contribution in [1.82, 2.24) is 24.3 Å². The number of fused-ring (bicyclic) bond motifs is 2. The summed E-state index contributed by atoms with van der Waals surface area (Å²) in [7, 11) is 1.43. The number of nitrogens with one attached hydrogen (secondary N) is 1. The zero-order chi connectivity index (χ0) is 29.8. The Kier molecular flexibility index (Phi) is 6.62. The molecule has 0 aliphatic carbocycles. The van der Waals surface area contributed by atoms with Crippen molar-refractivity contribution in [3.63, 3.8) is 0 Å². The van der Waals surface area contributed by atoms with Crippen molar-refractivity contribution in [2.75, 3.05) is 24.7 Å². The number of aromatic nitrogens is 4. The van der Waals surface area contributed by atoms with Gasteiger partial charge in [0.15, 0.2) is 0 Å². The standard InChI is InChI=1S/C28H26F3N7O4/c1-14-19-6-4-16(13-38(19)27(40)42-14)25-36-22(23-24(32)34-9-10-37(23)25)18-5-3-15(11-20(18)41-2)26(39)35-21-12-17(7-8-33-21)28(29,30)31/h3,5,7-12,14,16,19H,4,6,13H2,1-2H3,(H2,32,34)(H,33,35,39). The first-order chi connectivity index (χ1) is 20.0. The fourth-order valence-electron chi connectivity index (χ4n) is 5.66. The summed E-state index contributed by atoms with van der Waals surface area (Å²) < 4.78 is 52.1. The van der Waals surface area contributed by atoms with Gasteiger partial charge in [-0.2, -0.15) is 13.2 Å². The number of cyclic esters (lactones) is 1. The number of rotatable bonds is 5. The summed E-state index contributed by atoms with van der Waals surface area (Å²) in [6, 6.07) is 6.20. The second kappa shape index (κ2) is 10.2. The number of halogens is 3. The van der Waals surface area contributed by atoms with Gasteiger partial charge < -0.3 is 25.4 Å². The van der Waals surface area contributed by atoms with Crippen LogP contribution in [0.15, 0.2) is 48.9 Å². The molecule has 2 aliphatic rings. The number of pyridine rings is 1. The van der Waals surface area contributed by atoms with E-state index in [4.69, 9.17) is 20.2 Å². The van der Waals surface area contributed by atoms with Crippen LogP contribution in [0.1, 0.15) is 47.4 Å². The minimum Gasteiger partial charge on any atom is -0.496 e. The summed E-state index contributed by atoms with van der Waals surface area (Å²) in [5, 5.41) is 2.39. The van der Waals surface area contributed by atoms with Crippen LogP contribution in [0.25, 0.3) is 16.8 Å². The summed E-state index contributed by atoms with van der Waals surface area (Å²) in [5.41, 5.74) is 7.04. The van der Waals surface area contributed by atoms with Crippen molar-refractivity contribution >= 4 is 29.2 Å². The van der Waals surface area contributed by atoms with Gasteiger partial charge in [-0.15, -0.1) is 0 Å². The first kappa shape index (κ1) is 27.3. The van der Waals surface area contributed by atoms with Crippen LogP contribution < -0.4 is 15.8 Å². The van der Waals surface area contributed by atoms with Crippen LogP contribution in [0, 0.1) is 0 Å². The molecule has 42 heavy (non-hydrogen) atoms. The highest BCUT2D eigenvalue weighted by Gasteiger charge is 2.44. The second-order valence-electron chi connectivity index (χ2n) is 10.2. The summed E-state index contributed by atoms with van der Waals surface area (Å²) in [6.07, 6.45) is 0.754. The first-order valence-electron chi connectivity index (χ1n) is 13.2. The van der Waals surface area contributed by atoms with Gasteiger partial charge in [0.2, 0.25) is 0 Å². The molecule has 1 aromatic carbocycles. The van der Waals surface area contributed by atoms with Crippen LogP contribution in [0.4, 0.5) is 29.6 Å². The Balaban J connectivity index is 1.34. The maximum atomic E-state index is 13.1. The van der Waals surface area contributed by atoms with Crippen LogP contribution in [0.2, 0.25) is 0 Å². The Morgan fingerprint density at radius 1 is 1.17 bits per heavy atom. The summed E-state index contributed by atoms with van der Waals surface area (Å²) in [4.78, 5) is 40.1. The lowest BCUT2D eigenvalue weighted by Crippen LogP contribution is -2.43. The number of ether oxygens (including phenoxy) is 2. The molecule has 2 amide bonds. The predicted molar refractivity (Wildman–Crippen MR) is 145 cm³/mol. The van der Waals surface area contributed by atoms with Gasteiger partial charge in [-0.05, 0) is 50.1 Å². The van der Waals surface area contributed by atoms with Gasteiger partial charge in [-0.3, -0.25) is 9.20 Å². The molecule has 3 atom stereocenters. The third kappa shape index (κ3) is 4.72. The molecule has 4 aromatic rings. The molecule has 5 heterocycles. The van der Waals surface area contributed by atoms with E-state index in [1.807, 2.05) is 11.3 Å². The van der Waals surface area contributed by atoms with Gasteiger partial charge in [0, 0.05) is 42.2 Å². The minimum atomic E-state index is -4.58. The van der Waals surface area contributed by atoms with Crippen molar-refractivity contribution < 1.29 is 32.2 Å². The molecule has 3 unspecified atom stereocenters. The largest absolute Gasteiger partial charge is 0.496 e. The number of amides is 2. The van der Waals surface area contributed by atoms with Gasteiger partial charge in [0.25, 0.3) is 5.91 Å². The molecular formula is C28H26F3N7O4. The lowest BCUT2D eigenvalue weighted by molar-refractivity contribution is -0.137. The highest BCUT2D eigenvalue weighted by Crippen LogP contribution is 2.40. The summed E-state index contributed by atoms with van der Waals surface area (Å²) in [5.74, 6) is 0.195. The van der Waals surface area contributed by atoms with E-state index in [2.05, 4.69) is 15.3 Å². The van der Waals surface area contributed by atoms with Gasteiger partial charge in [0.05, 0.1) is 18.7 Å². The van der Waals surface area contributed by atoms with Crippen molar-refractivity contribution in [3.8, 4) is 17.0 Å². The fourth-order valence-corrected chi connectivity index (χ4v) is 5.66. The lowest BCUT2D eigenvalue weighted by Gasteiger charge is -2.33. The topological polar surface area (TPSA) is 137 Å². The second-order valence-corrected chi connectivity index (χ2v) is 10.2. The average molecular weight is 582 g/mol. The summed E-state index contributed by atoms with van der Waals surface area (Å²) in [6.45, 7) is 2.33. The molecule has 2 fully saturated rings.